The summed E-state index contributed by atoms with van der Waals surface area (Å²) in [4.78, 5) is 0. The fourth-order valence-electron chi connectivity index (χ4n) is 1.79. The summed E-state index contributed by atoms with van der Waals surface area (Å²) in [7, 11) is 0. The van der Waals surface area contributed by atoms with Crippen molar-refractivity contribution in [3.05, 3.63) is 42.0 Å². The molecule has 0 aromatic heterocycles. The number of hydrogen-bond acceptors (Lipinski definition) is 1. The second-order valence-corrected chi connectivity index (χ2v) is 4.27. The molecule has 2 aromatic carbocycles. The summed E-state index contributed by atoms with van der Waals surface area (Å²) in [5.41, 5.74) is 1.21. The molecule has 0 aliphatic carbocycles. The third kappa shape index (κ3) is 2.04. The van der Waals surface area contributed by atoms with E-state index in [9.17, 15) is 0 Å². The molecule has 0 radical (unpaired) electrons. The third-order valence-electron chi connectivity index (χ3n) is 2.97. The lowest BCUT2D eigenvalue weighted by atomic mass is 10.1. The Kier molecular flexibility index (Phi) is 3.14. The average Bonchev–Trinajstić information content (AvgIpc) is 2.32. The molecule has 1 atom stereocenters. The lowest BCUT2D eigenvalue weighted by molar-refractivity contribution is 0.219. The highest BCUT2D eigenvalue weighted by Gasteiger charge is 2.08. The van der Waals surface area contributed by atoms with Gasteiger partial charge in [0.1, 0.15) is 5.75 Å². The van der Waals surface area contributed by atoms with Crippen molar-refractivity contribution in [2.24, 2.45) is 0 Å². The molecule has 1 nitrogen and oxygen atoms in total. The second-order valence-electron chi connectivity index (χ2n) is 4.27. The second kappa shape index (κ2) is 4.56. The van der Waals surface area contributed by atoms with Crippen molar-refractivity contribution in [2.45, 2.75) is 33.3 Å². The monoisotopic (exact) mass is 214 g/mol. The van der Waals surface area contributed by atoms with Gasteiger partial charge in [0.05, 0.1) is 6.10 Å². The fraction of sp³-hybridized carbons (Fsp3) is 0.333. The Balaban J connectivity index is 2.52. The first-order valence-corrected chi connectivity index (χ1v) is 5.87. The first-order valence-electron chi connectivity index (χ1n) is 5.87. The van der Waals surface area contributed by atoms with Gasteiger partial charge in [0.25, 0.3) is 0 Å². The van der Waals surface area contributed by atoms with E-state index in [1.165, 1.54) is 16.3 Å². The Bertz CT molecular complexity index is 488. The van der Waals surface area contributed by atoms with Crippen molar-refractivity contribution < 1.29 is 4.74 Å². The first-order chi connectivity index (χ1) is 7.72. The topological polar surface area (TPSA) is 9.23 Å². The Labute approximate surface area is 97.1 Å². The van der Waals surface area contributed by atoms with Crippen molar-refractivity contribution in [3.8, 4) is 5.75 Å². The van der Waals surface area contributed by atoms with Gasteiger partial charge >= 0.3 is 0 Å². The van der Waals surface area contributed by atoms with Crippen LogP contribution in [0.4, 0.5) is 0 Å². The predicted molar refractivity (Wildman–Crippen MR) is 69.1 cm³/mol. The lowest BCUT2D eigenvalue weighted by Crippen LogP contribution is -2.10. The number of fused-ring (bicyclic) bond motifs is 1. The van der Waals surface area contributed by atoms with Gasteiger partial charge in [-0.15, -0.1) is 0 Å². The van der Waals surface area contributed by atoms with Gasteiger partial charge in [-0.05, 0) is 31.2 Å². The van der Waals surface area contributed by atoms with Gasteiger partial charge in [-0.25, -0.2) is 0 Å². The summed E-state index contributed by atoms with van der Waals surface area (Å²) in [5, 5.41) is 2.45. The molecule has 1 unspecified atom stereocenters. The first kappa shape index (κ1) is 11.0. The minimum Gasteiger partial charge on any atom is -0.490 e. The molecule has 0 N–H and O–H groups in total. The Hall–Kier alpha value is -1.50. The van der Waals surface area contributed by atoms with Crippen LogP contribution in [0.5, 0.6) is 5.75 Å². The molecule has 0 heterocycles. The summed E-state index contributed by atoms with van der Waals surface area (Å²) in [5.74, 6) is 1.03. The summed E-state index contributed by atoms with van der Waals surface area (Å²) < 4.78 is 6.01. The minimum absolute atomic E-state index is 0.268. The molecular formula is C15H18O. The van der Waals surface area contributed by atoms with E-state index in [0.29, 0.717) is 0 Å². The number of rotatable bonds is 3. The third-order valence-corrected chi connectivity index (χ3v) is 2.97. The molecule has 2 rings (SSSR count). The van der Waals surface area contributed by atoms with E-state index in [2.05, 4.69) is 57.2 Å². The molecule has 0 bridgehead atoms. The van der Waals surface area contributed by atoms with E-state index in [0.717, 1.165) is 12.2 Å². The van der Waals surface area contributed by atoms with E-state index in [1.807, 2.05) is 0 Å². The summed E-state index contributed by atoms with van der Waals surface area (Å²) in [6.07, 6.45) is 1.30. The largest absolute Gasteiger partial charge is 0.490 e. The van der Waals surface area contributed by atoms with Gasteiger partial charge in [0.2, 0.25) is 0 Å². The van der Waals surface area contributed by atoms with Crippen LogP contribution in [0.15, 0.2) is 36.4 Å². The van der Waals surface area contributed by atoms with Crippen LogP contribution in [0.3, 0.4) is 0 Å². The van der Waals surface area contributed by atoms with Crippen molar-refractivity contribution in [1.29, 1.82) is 0 Å². The maximum absolute atomic E-state index is 6.01. The molecule has 0 amide bonds. The van der Waals surface area contributed by atoms with Crippen molar-refractivity contribution in [1.82, 2.24) is 0 Å². The normalized spacial score (nSPS) is 12.7. The van der Waals surface area contributed by atoms with Crippen LogP contribution < -0.4 is 4.74 Å². The molecule has 16 heavy (non-hydrogen) atoms. The summed E-state index contributed by atoms with van der Waals surface area (Å²) in [6, 6.07) is 12.6. The molecule has 84 valence electrons. The smallest absolute Gasteiger partial charge is 0.130 e. The van der Waals surface area contributed by atoms with E-state index in [1.54, 1.807) is 0 Å². The van der Waals surface area contributed by atoms with Crippen LogP contribution in [0, 0.1) is 6.92 Å². The molecular weight excluding hydrogens is 196 g/mol. The van der Waals surface area contributed by atoms with Gasteiger partial charge in [-0.2, -0.15) is 0 Å². The molecule has 0 fully saturated rings. The van der Waals surface area contributed by atoms with Gasteiger partial charge < -0.3 is 4.74 Å². The molecule has 2 aromatic rings. The van der Waals surface area contributed by atoms with Gasteiger partial charge in [0, 0.05) is 5.39 Å². The van der Waals surface area contributed by atoms with Crippen LogP contribution in [0.1, 0.15) is 25.8 Å². The Morgan fingerprint density at radius 3 is 2.62 bits per heavy atom. The standard InChI is InChI=1S/C15H18O/c1-4-12(3)16-15-11(2)9-10-13-7-5-6-8-14(13)15/h5-10,12H,4H2,1-3H3. The van der Waals surface area contributed by atoms with Crippen molar-refractivity contribution in [3.63, 3.8) is 0 Å². The number of hydrogen-bond donors (Lipinski definition) is 0. The molecule has 0 aliphatic heterocycles. The minimum atomic E-state index is 0.268. The average molecular weight is 214 g/mol. The van der Waals surface area contributed by atoms with E-state index in [4.69, 9.17) is 4.74 Å². The maximum atomic E-state index is 6.01. The van der Waals surface area contributed by atoms with Gasteiger partial charge in [-0.1, -0.05) is 43.3 Å². The Morgan fingerprint density at radius 1 is 1.12 bits per heavy atom. The molecule has 0 saturated carbocycles. The molecule has 0 spiro atoms. The predicted octanol–water partition coefficient (Wildman–Crippen LogP) is 4.33. The summed E-state index contributed by atoms with van der Waals surface area (Å²) >= 11 is 0. The highest BCUT2D eigenvalue weighted by molar-refractivity contribution is 5.89. The Morgan fingerprint density at radius 2 is 1.88 bits per heavy atom. The van der Waals surface area contributed by atoms with E-state index >= 15 is 0 Å². The van der Waals surface area contributed by atoms with Crippen molar-refractivity contribution >= 4 is 10.8 Å². The van der Waals surface area contributed by atoms with Crippen LogP contribution in [-0.2, 0) is 0 Å². The molecule has 0 saturated heterocycles. The zero-order valence-electron chi connectivity index (χ0n) is 10.2. The number of benzene rings is 2. The van der Waals surface area contributed by atoms with Crippen LogP contribution in [0.25, 0.3) is 10.8 Å². The van der Waals surface area contributed by atoms with E-state index in [-0.39, 0.29) is 6.10 Å². The SMILES string of the molecule is CCC(C)Oc1c(C)ccc2ccccc12. The number of aryl methyl sites for hydroxylation is 1. The fourth-order valence-corrected chi connectivity index (χ4v) is 1.79. The highest BCUT2D eigenvalue weighted by atomic mass is 16.5. The molecule has 1 heteroatoms. The quantitative estimate of drug-likeness (QED) is 0.739. The highest BCUT2D eigenvalue weighted by Crippen LogP contribution is 2.30. The lowest BCUT2D eigenvalue weighted by Gasteiger charge is -2.16. The van der Waals surface area contributed by atoms with Crippen LogP contribution in [0.2, 0.25) is 0 Å². The summed E-state index contributed by atoms with van der Waals surface area (Å²) in [6.45, 7) is 6.36. The van der Waals surface area contributed by atoms with E-state index < -0.39 is 0 Å². The number of ether oxygens (including phenoxy) is 1. The molecule has 0 aliphatic rings. The zero-order valence-corrected chi connectivity index (χ0v) is 10.2. The van der Waals surface area contributed by atoms with Crippen LogP contribution >= 0.6 is 0 Å². The van der Waals surface area contributed by atoms with Crippen molar-refractivity contribution in [2.75, 3.05) is 0 Å². The zero-order chi connectivity index (χ0) is 11.5. The van der Waals surface area contributed by atoms with Gasteiger partial charge in [-0.3, -0.25) is 0 Å². The van der Waals surface area contributed by atoms with Gasteiger partial charge in [0.15, 0.2) is 0 Å². The maximum Gasteiger partial charge on any atom is 0.130 e. The van der Waals surface area contributed by atoms with Crippen LogP contribution in [-0.4, -0.2) is 6.10 Å².